The maximum atomic E-state index is 12.1. The Morgan fingerprint density at radius 2 is 2.08 bits per heavy atom. The lowest BCUT2D eigenvalue weighted by atomic mass is 10.1. The summed E-state index contributed by atoms with van der Waals surface area (Å²) in [7, 11) is 0. The van der Waals surface area contributed by atoms with Gasteiger partial charge >= 0.3 is 5.97 Å². The van der Waals surface area contributed by atoms with Crippen molar-refractivity contribution in [2.24, 2.45) is 0 Å². The second kappa shape index (κ2) is 7.79. The van der Waals surface area contributed by atoms with Crippen LogP contribution >= 0.6 is 0 Å². The molecule has 0 aliphatic rings. The Hall–Kier alpha value is -3.20. The molecule has 0 bridgehead atoms. The van der Waals surface area contributed by atoms with Gasteiger partial charge in [0.25, 0.3) is 11.6 Å². The average molecular weight is 361 g/mol. The molecule has 0 radical (unpaired) electrons. The number of non-ortho nitro benzene ring substituents is 1. The summed E-state index contributed by atoms with van der Waals surface area (Å²) in [5.41, 5.74) is 2.04. The number of carbonyl (C=O) groups is 2. The molecule has 0 saturated heterocycles. The molecule has 0 aliphatic carbocycles. The lowest BCUT2D eigenvalue weighted by molar-refractivity contribution is -0.384. The van der Waals surface area contributed by atoms with Crippen LogP contribution in [-0.4, -0.2) is 33.5 Å². The number of carbonyl (C=O) groups excluding carboxylic acids is 2. The number of ether oxygens (including phenoxy) is 1. The Kier molecular flexibility index (Phi) is 5.73. The van der Waals surface area contributed by atoms with E-state index in [1.165, 1.54) is 24.3 Å². The molecule has 0 aliphatic heterocycles. The van der Waals surface area contributed by atoms with Crippen LogP contribution in [0.25, 0.3) is 0 Å². The molecule has 1 amide bonds. The van der Waals surface area contributed by atoms with Crippen LogP contribution in [0.3, 0.4) is 0 Å². The molecule has 0 fully saturated rings. The predicted molar refractivity (Wildman–Crippen MR) is 92.9 cm³/mol. The van der Waals surface area contributed by atoms with Crippen LogP contribution in [0.2, 0.25) is 0 Å². The summed E-state index contributed by atoms with van der Waals surface area (Å²) in [6, 6.07) is 5.42. The number of aryl methyl sites for hydroxylation is 1. The predicted octanol–water partition coefficient (Wildman–Crippen LogP) is 2.39. The number of nitro groups is 1. The number of aromatic amines is 1. The molecular weight excluding hydrogens is 342 g/mol. The fourth-order valence-corrected chi connectivity index (χ4v) is 2.69. The Morgan fingerprint density at radius 3 is 2.65 bits per heavy atom. The molecule has 1 aromatic heterocycles. The van der Waals surface area contributed by atoms with E-state index in [9.17, 15) is 24.8 Å². The highest BCUT2D eigenvalue weighted by Gasteiger charge is 2.21. The first-order valence-electron chi connectivity index (χ1n) is 7.79. The van der Waals surface area contributed by atoms with Gasteiger partial charge < -0.3 is 20.1 Å². The van der Waals surface area contributed by atoms with Crippen molar-refractivity contribution in [2.75, 3.05) is 11.9 Å². The summed E-state index contributed by atoms with van der Waals surface area (Å²) in [6.07, 6.45) is -0.745. The van der Waals surface area contributed by atoms with Crippen molar-refractivity contribution in [3.63, 3.8) is 0 Å². The fraction of sp³-hybridized carbons (Fsp3) is 0.294. The first-order valence-corrected chi connectivity index (χ1v) is 7.79. The van der Waals surface area contributed by atoms with Gasteiger partial charge in [-0.1, -0.05) is 6.07 Å². The van der Waals surface area contributed by atoms with Gasteiger partial charge in [0.1, 0.15) is 5.69 Å². The number of nitrogens with one attached hydrogen (secondary N) is 2. The summed E-state index contributed by atoms with van der Waals surface area (Å²) in [5, 5.41) is 22.9. The topological polar surface area (TPSA) is 135 Å². The normalized spacial score (nSPS) is 11.7. The van der Waals surface area contributed by atoms with Gasteiger partial charge in [-0.25, -0.2) is 4.79 Å². The first-order chi connectivity index (χ1) is 12.2. The van der Waals surface area contributed by atoms with Crippen LogP contribution in [0.4, 0.5) is 11.4 Å². The van der Waals surface area contributed by atoms with Crippen molar-refractivity contribution >= 4 is 23.3 Å². The van der Waals surface area contributed by atoms with E-state index in [4.69, 9.17) is 4.74 Å². The van der Waals surface area contributed by atoms with Gasteiger partial charge in [-0.05, 0) is 32.4 Å². The van der Waals surface area contributed by atoms with Crippen LogP contribution in [0, 0.1) is 24.0 Å². The zero-order valence-electron chi connectivity index (χ0n) is 14.5. The molecular formula is C17H19N3O6. The molecule has 2 aromatic rings. The highest BCUT2D eigenvalue weighted by Crippen LogP contribution is 2.24. The molecule has 0 saturated carbocycles. The van der Waals surface area contributed by atoms with E-state index in [0.29, 0.717) is 16.8 Å². The molecule has 1 atom stereocenters. The van der Waals surface area contributed by atoms with Crippen molar-refractivity contribution in [3.8, 4) is 0 Å². The number of esters is 1. The Bertz CT molecular complexity index is 856. The van der Waals surface area contributed by atoms with E-state index < -0.39 is 29.5 Å². The smallest absolute Gasteiger partial charge is 0.355 e. The van der Waals surface area contributed by atoms with E-state index in [1.807, 2.05) is 0 Å². The Balaban J connectivity index is 1.99. The Labute approximate surface area is 149 Å². The molecule has 2 rings (SSSR count). The van der Waals surface area contributed by atoms with Gasteiger partial charge in [-0.15, -0.1) is 0 Å². The van der Waals surface area contributed by atoms with Gasteiger partial charge in [0.2, 0.25) is 0 Å². The zero-order valence-corrected chi connectivity index (χ0v) is 14.5. The highest BCUT2D eigenvalue weighted by molar-refractivity contribution is 5.95. The summed E-state index contributed by atoms with van der Waals surface area (Å²) < 4.78 is 4.97. The fourth-order valence-electron chi connectivity index (χ4n) is 2.69. The van der Waals surface area contributed by atoms with Crippen molar-refractivity contribution < 1.29 is 24.4 Å². The van der Waals surface area contributed by atoms with Crippen LogP contribution in [0.1, 0.15) is 40.3 Å². The minimum absolute atomic E-state index is 0.164. The van der Waals surface area contributed by atoms with Gasteiger partial charge in [0.15, 0.2) is 6.61 Å². The average Bonchev–Trinajstić information content (AvgIpc) is 2.87. The third-order valence-electron chi connectivity index (χ3n) is 3.79. The first kappa shape index (κ1) is 19.1. The number of anilines is 1. The number of nitrogens with zero attached hydrogens (tertiary/aromatic N) is 1. The minimum atomic E-state index is -0.745. The number of rotatable bonds is 6. The lowest BCUT2D eigenvalue weighted by Gasteiger charge is -2.07. The number of H-pyrrole nitrogens is 1. The summed E-state index contributed by atoms with van der Waals surface area (Å²) in [6.45, 7) is 4.43. The van der Waals surface area contributed by atoms with E-state index in [1.54, 1.807) is 20.8 Å². The van der Waals surface area contributed by atoms with Crippen LogP contribution < -0.4 is 5.32 Å². The lowest BCUT2D eigenvalue weighted by Crippen LogP contribution is -2.21. The molecule has 9 nitrogen and oxygen atoms in total. The zero-order chi connectivity index (χ0) is 19.4. The van der Waals surface area contributed by atoms with E-state index in [-0.39, 0.29) is 17.1 Å². The number of hydrogen-bond donors (Lipinski definition) is 3. The number of hydrogen-bond acceptors (Lipinski definition) is 6. The van der Waals surface area contributed by atoms with Crippen LogP contribution in [-0.2, 0) is 9.53 Å². The SMILES string of the molecule is Cc1[nH]c(C(=O)OCC(=O)Nc2cccc([N+](=O)[O-])c2)c(C)c1[C@H](C)O. The van der Waals surface area contributed by atoms with Crippen molar-refractivity contribution in [1.29, 1.82) is 0 Å². The number of aliphatic hydroxyl groups excluding tert-OH is 1. The number of aromatic nitrogens is 1. The summed E-state index contributed by atoms with van der Waals surface area (Å²) in [5.74, 6) is -1.36. The molecule has 0 unspecified atom stereocenters. The van der Waals surface area contributed by atoms with Crippen molar-refractivity contribution in [3.05, 3.63) is 56.9 Å². The second-order valence-corrected chi connectivity index (χ2v) is 5.77. The van der Waals surface area contributed by atoms with Crippen LogP contribution in [0.5, 0.6) is 0 Å². The maximum Gasteiger partial charge on any atom is 0.355 e. The number of benzene rings is 1. The minimum Gasteiger partial charge on any atom is -0.451 e. The van der Waals surface area contributed by atoms with Gasteiger partial charge in [-0.2, -0.15) is 0 Å². The standard InChI is InChI=1S/C17H19N3O6/c1-9-15(11(3)21)10(2)18-16(9)17(23)26-8-14(22)19-12-5-4-6-13(7-12)20(24)25/h4-7,11,18,21H,8H2,1-3H3,(H,19,22)/t11-/m0/s1. The molecule has 0 spiro atoms. The molecule has 1 heterocycles. The van der Waals surface area contributed by atoms with Crippen LogP contribution in [0.15, 0.2) is 24.3 Å². The summed E-state index contributed by atoms with van der Waals surface area (Å²) >= 11 is 0. The monoisotopic (exact) mass is 361 g/mol. The molecule has 1 aromatic carbocycles. The third kappa shape index (κ3) is 4.25. The second-order valence-electron chi connectivity index (χ2n) is 5.77. The number of aliphatic hydroxyl groups is 1. The third-order valence-corrected chi connectivity index (χ3v) is 3.79. The quantitative estimate of drug-likeness (QED) is 0.411. The summed E-state index contributed by atoms with van der Waals surface area (Å²) in [4.78, 5) is 37.0. The highest BCUT2D eigenvalue weighted by atomic mass is 16.6. The van der Waals surface area contributed by atoms with E-state index in [0.717, 1.165) is 0 Å². The molecule has 26 heavy (non-hydrogen) atoms. The molecule has 3 N–H and O–H groups in total. The number of amides is 1. The van der Waals surface area contributed by atoms with E-state index >= 15 is 0 Å². The molecule has 9 heteroatoms. The largest absolute Gasteiger partial charge is 0.451 e. The Morgan fingerprint density at radius 1 is 1.38 bits per heavy atom. The van der Waals surface area contributed by atoms with E-state index in [2.05, 4.69) is 10.3 Å². The van der Waals surface area contributed by atoms with Gasteiger partial charge in [-0.3, -0.25) is 14.9 Å². The maximum absolute atomic E-state index is 12.1. The van der Waals surface area contributed by atoms with Crippen molar-refractivity contribution in [1.82, 2.24) is 4.98 Å². The van der Waals surface area contributed by atoms with Gasteiger partial charge in [0.05, 0.1) is 11.0 Å². The van der Waals surface area contributed by atoms with Crippen molar-refractivity contribution in [2.45, 2.75) is 26.9 Å². The van der Waals surface area contributed by atoms with Gasteiger partial charge in [0, 0.05) is 29.1 Å². The number of nitro benzene ring substituents is 1. The molecule has 138 valence electrons.